The van der Waals surface area contributed by atoms with Crippen LogP contribution in [0.2, 0.25) is 0 Å². The molecule has 2 nitrogen and oxygen atoms in total. The normalized spacial score (nSPS) is 9.57. The average molecular weight is 323 g/mol. The maximum absolute atomic E-state index is 8.00. The summed E-state index contributed by atoms with van der Waals surface area (Å²) in [5, 5.41) is 0. The molecule has 0 bridgehead atoms. The Hall–Kier alpha value is -1.83. The summed E-state index contributed by atoms with van der Waals surface area (Å²) in [5.74, 6) is 0.941. The molecule has 1 rings (SSSR count). The van der Waals surface area contributed by atoms with Crippen molar-refractivity contribution in [1.82, 2.24) is 0 Å². The minimum atomic E-state index is 0. The van der Waals surface area contributed by atoms with Gasteiger partial charge in [0.2, 0.25) is 0 Å². The zero-order chi connectivity index (χ0) is 18.0. The highest BCUT2D eigenvalue weighted by atomic mass is 16.5. The van der Waals surface area contributed by atoms with Gasteiger partial charge in [0.25, 0.3) is 0 Å². The van der Waals surface area contributed by atoms with Gasteiger partial charge in [0.05, 0.1) is 7.11 Å². The molecule has 0 heterocycles. The molecule has 2 heteroatoms. The lowest BCUT2D eigenvalue weighted by molar-refractivity contribution is -0.0979. The highest BCUT2D eigenvalue weighted by Crippen LogP contribution is 2.26. The molecular formula is C21H38O2. The summed E-state index contributed by atoms with van der Waals surface area (Å²) in [7, 11) is 1.72. The van der Waals surface area contributed by atoms with Gasteiger partial charge in [-0.1, -0.05) is 72.4 Å². The Balaban J connectivity index is -0.000000231. The number of carbonyl (C=O) groups is 1. The standard InChI is InChI=1S/C15H20O.2C2H6.CH2O.CH4/c1-5-9-14(15(6-2)16-4)13-11-8-7-10-12(13)3;3*1-2;/h6-11H,5H2,1-4H3;2*1-2H3;1H2;1H4/b14-9-,15-6+;;;;. The fourth-order valence-electron chi connectivity index (χ4n) is 1.81. The first-order chi connectivity index (χ1) is 10.7. The predicted molar refractivity (Wildman–Crippen MR) is 107 cm³/mol. The van der Waals surface area contributed by atoms with E-state index in [0.29, 0.717) is 0 Å². The smallest absolute Gasteiger partial charge is 0.122 e. The molecule has 134 valence electrons. The largest absolute Gasteiger partial charge is 0.496 e. The van der Waals surface area contributed by atoms with Gasteiger partial charge in [-0.25, -0.2) is 0 Å². The first kappa shape index (κ1) is 29.2. The van der Waals surface area contributed by atoms with E-state index < -0.39 is 0 Å². The Morgan fingerprint density at radius 3 is 1.96 bits per heavy atom. The molecule has 0 unspecified atom stereocenters. The lowest BCUT2D eigenvalue weighted by atomic mass is 9.98. The van der Waals surface area contributed by atoms with Crippen LogP contribution >= 0.6 is 0 Å². The van der Waals surface area contributed by atoms with Crippen LogP contribution in [0.15, 0.2) is 42.2 Å². The molecule has 0 spiro atoms. The molecular weight excluding hydrogens is 284 g/mol. The van der Waals surface area contributed by atoms with E-state index in [1.165, 1.54) is 16.7 Å². The third-order valence-corrected chi connectivity index (χ3v) is 2.59. The number of rotatable bonds is 4. The fourth-order valence-corrected chi connectivity index (χ4v) is 1.81. The van der Waals surface area contributed by atoms with Crippen LogP contribution in [0.4, 0.5) is 0 Å². The van der Waals surface area contributed by atoms with Gasteiger partial charge in [0.1, 0.15) is 12.5 Å². The summed E-state index contributed by atoms with van der Waals surface area (Å²) in [5.41, 5.74) is 3.71. The Bertz CT molecular complexity index is 418. The molecule has 0 amide bonds. The topological polar surface area (TPSA) is 26.3 Å². The van der Waals surface area contributed by atoms with E-state index in [1.807, 2.05) is 47.5 Å². The quantitative estimate of drug-likeness (QED) is 0.448. The number of methoxy groups -OCH3 is 1. The molecule has 0 aliphatic carbocycles. The van der Waals surface area contributed by atoms with Crippen molar-refractivity contribution in [2.75, 3.05) is 7.11 Å². The van der Waals surface area contributed by atoms with Gasteiger partial charge < -0.3 is 9.53 Å². The Morgan fingerprint density at radius 1 is 1.13 bits per heavy atom. The number of benzene rings is 1. The lowest BCUT2D eigenvalue weighted by Gasteiger charge is -2.13. The van der Waals surface area contributed by atoms with Crippen molar-refractivity contribution >= 4 is 12.4 Å². The van der Waals surface area contributed by atoms with Gasteiger partial charge in [-0.3, -0.25) is 0 Å². The lowest BCUT2D eigenvalue weighted by Crippen LogP contribution is -1.95. The summed E-state index contributed by atoms with van der Waals surface area (Å²) in [4.78, 5) is 8.00. The van der Waals surface area contributed by atoms with Crippen molar-refractivity contribution in [2.45, 2.75) is 62.3 Å². The monoisotopic (exact) mass is 322 g/mol. The molecule has 23 heavy (non-hydrogen) atoms. The minimum absolute atomic E-state index is 0. The van der Waals surface area contributed by atoms with Crippen LogP contribution in [-0.4, -0.2) is 13.9 Å². The van der Waals surface area contributed by atoms with Crippen LogP contribution in [0.3, 0.4) is 0 Å². The van der Waals surface area contributed by atoms with E-state index in [9.17, 15) is 0 Å². The van der Waals surface area contributed by atoms with E-state index >= 15 is 0 Å². The number of allylic oxidation sites excluding steroid dienone is 3. The average Bonchev–Trinajstić information content (AvgIpc) is 2.61. The summed E-state index contributed by atoms with van der Waals surface area (Å²) in [6, 6.07) is 8.39. The number of carbonyl (C=O) groups excluding carboxylic acids is 1. The van der Waals surface area contributed by atoms with Crippen molar-refractivity contribution in [3.05, 3.63) is 53.3 Å². The van der Waals surface area contributed by atoms with Crippen molar-refractivity contribution < 1.29 is 9.53 Å². The zero-order valence-electron chi connectivity index (χ0n) is 15.7. The molecule has 0 radical (unpaired) electrons. The van der Waals surface area contributed by atoms with Crippen LogP contribution in [0.25, 0.3) is 5.57 Å². The van der Waals surface area contributed by atoms with Crippen molar-refractivity contribution in [3.63, 3.8) is 0 Å². The van der Waals surface area contributed by atoms with Gasteiger partial charge in [-0.2, -0.15) is 0 Å². The van der Waals surface area contributed by atoms with Crippen molar-refractivity contribution in [1.29, 1.82) is 0 Å². The van der Waals surface area contributed by atoms with Gasteiger partial charge in [-0.05, 0) is 37.5 Å². The predicted octanol–water partition coefficient (Wildman–Crippen LogP) is 6.84. The maximum atomic E-state index is 8.00. The molecule has 1 aromatic rings. The highest BCUT2D eigenvalue weighted by molar-refractivity contribution is 5.78. The minimum Gasteiger partial charge on any atom is -0.496 e. The molecule has 0 aliphatic heterocycles. The van der Waals surface area contributed by atoms with E-state index in [1.54, 1.807) is 7.11 Å². The second-order valence-electron chi connectivity index (χ2n) is 3.70. The maximum Gasteiger partial charge on any atom is 0.122 e. The number of ether oxygens (including phenoxy) is 1. The molecule has 0 fully saturated rings. The second kappa shape index (κ2) is 22.5. The highest BCUT2D eigenvalue weighted by Gasteiger charge is 2.08. The molecule has 1 aromatic carbocycles. The molecule has 0 saturated carbocycles. The Labute approximate surface area is 145 Å². The van der Waals surface area contributed by atoms with Crippen LogP contribution in [0.1, 0.15) is 66.5 Å². The van der Waals surface area contributed by atoms with Crippen molar-refractivity contribution in [2.24, 2.45) is 0 Å². The first-order valence-electron chi connectivity index (χ1n) is 8.00. The summed E-state index contributed by atoms with van der Waals surface area (Å²) in [6.45, 7) is 16.3. The third kappa shape index (κ3) is 11.4. The van der Waals surface area contributed by atoms with E-state index in [0.717, 1.165) is 12.2 Å². The molecule has 0 aromatic heterocycles. The fraction of sp³-hybridized carbons (Fsp3) is 0.476. The zero-order valence-corrected chi connectivity index (χ0v) is 15.7. The summed E-state index contributed by atoms with van der Waals surface area (Å²) in [6.07, 6.45) is 5.22. The number of hydrogen-bond acceptors (Lipinski definition) is 2. The van der Waals surface area contributed by atoms with Gasteiger partial charge in [0.15, 0.2) is 0 Å². The van der Waals surface area contributed by atoms with Crippen LogP contribution < -0.4 is 0 Å². The van der Waals surface area contributed by atoms with Crippen LogP contribution in [0.5, 0.6) is 0 Å². The first-order valence-corrected chi connectivity index (χ1v) is 8.00. The Morgan fingerprint density at radius 2 is 1.61 bits per heavy atom. The number of hydrogen-bond donors (Lipinski definition) is 0. The SMILES string of the molecule is C.C/C=C(OC)\C(=C/CC)c1ccccc1C.C=O.CC.CC. The Kier molecular flexibility index (Phi) is 28.5. The molecule has 0 saturated heterocycles. The van der Waals surface area contributed by atoms with Gasteiger partial charge >= 0.3 is 0 Å². The third-order valence-electron chi connectivity index (χ3n) is 2.59. The molecule has 0 N–H and O–H groups in total. The van der Waals surface area contributed by atoms with Crippen LogP contribution in [0, 0.1) is 6.92 Å². The number of aryl methyl sites for hydroxylation is 1. The molecule has 0 aliphatic rings. The van der Waals surface area contributed by atoms with Crippen molar-refractivity contribution in [3.8, 4) is 0 Å². The van der Waals surface area contributed by atoms with Crippen LogP contribution in [-0.2, 0) is 9.53 Å². The summed E-state index contributed by atoms with van der Waals surface area (Å²) >= 11 is 0. The molecule has 0 atom stereocenters. The van der Waals surface area contributed by atoms with Gasteiger partial charge in [0, 0.05) is 5.57 Å². The second-order valence-corrected chi connectivity index (χ2v) is 3.70. The summed E-state index contributed by atoms with van der Waals surface area (Å²) < 4.78 is 5.42. The van der Waals surface area contributed by atoms with Gasteiger partial charge in [-0.15, -0.1) is 0 Å². The van der Waals surface area contributed by atoms with E-state index in [-0.39, 0.29) is 7.43 Å². The van der Waals surface area contributed by atoms with E-state index in [2.05, 4.69) is 44.2 Å². The van der Waals surface area contributed by atoms with E-state index in [4.69, 9.17) is 9.53 Å².